The van der Waals surface area contributed by atoms with Crippen molar-refractivity contribution in [2.45, 2.75) is 90.6 Å². The summed E-state index contributed by atoms with van der Waals surface area (Å²) in [5.74, 6) is 0. The van der Waals surface area contributed by atoms with Gasteiger partial charge < -0.3 is 10.2 Å². The lowest BCUT2D eigenvalue weighted by atomic mass is 10.1. The van der Waals surface area contributed by atoms with Gasteiger partial charge in [0.05, 0.1) is 12.7 Å². The average Bonchev–Trinajstić information content (AvgIpc) is 2.49. The molecule has 0 aromatic rings. The van der Waals surface area contributed by atoms with E-state index in [1.54, 1.807) is 0 Å². The molecule has 0 amide bonds. The Balaban J connectivity index is 3.41. The number of unbranched alkanes of at least 4 members (excludes halogenated alkanes) is 9. The maximum atomic E-state index is 9.69. The number of nitrogens with zero attached hydrogens (tertiary/aromatic N) is 1. The molecule has 3 heteroatoms. The van der Waals surface area contributed by atoms with E-state index in [1.165, 1.54) is 64.2 Å². The molecule has 0 bridgehead atoms. The Morgan fingerprint density at radius 2 is 1.29 bits per heavy atom. The fourth-order valence-electron chi connectivity index (χ4n) is 2.69. The maximum Gasteiger partial charge on any atom is 0.0664 e. The zero-order valence-corrected chi connectivity index (χ0v) is 14.5. The fourth-order valence-corrected chi connectivity index (χ4v) is 2.69. The third kappa shape index (κ3) is 14.6. The molecule has 0 saturated heterocycles. The van der Waals surface area contributed by atoms with Crippen molar-refractivity contribution < 1.29 is 10.2 Å². The SMILES string of the molecule is CCCCCCCCCCCCN(CCO)CC(O)CC. The van der Waals surface area contributed by atoms with Gasteiger partial charge in [-0.05, 0) is 19.4 Å². The summed E-state index contributed by atoms with van der Waals surface area (Å²) in [6.07, 6.45) is 14.0. The van der Waals surface area contributed by atoms with Crippen LogP contribution in [0.4, 0.5) is 0 Å². The van der Waals surface area contributed by atoms with Crippen LogP contribution in [0.2, 0.25) is 0 Å². The molecule has 21 heavy (non-hydrogen) atoms. The first-order chi connectivity index (χ1) is 10.2. The van der Waals surface area contributed by atoms with Gasteiger partial charge in [0.1, 0.15) is 0 Å². The maximum absolute atomic E-state index is 9.69. The van der Waals surface area contributed by atoms with Gasteiger partial charge in [-0.1, -0.05) is 71.6 Å². The lowest BCUT2D eigenvalue weighted by Crippen LogP contribution is -2.35. The van der Waals surface area contributed by atoms with E-state index in [4.69, 9.17) is 5.11 Å². The molecule has 1 atom stereocenters. The van der Waals surface area contributed by atoms with E-state index in [0.29, 0.717) is 13.1 Å². The molecule has 2 N–H and O–H groups in total. The molecule has 1 unspecified atom stereocenters. The van der Waals surface area contributed by atoms with Crippen LogP contribution in [0.15, 0.2) is 0 Å². The molecule has 0 aromatic carbocycles. The van der Waals surface area contributed by atoms with Crippen molar-refractivity contribution in [1.29, 1.82) is 0 Å². The predicted octanol–water partition coefficient (Wildman–Crippen LogP) is 3.97. The lowest BCUT2D eigenvalue weighted by molar-refractivity contribution is 0.0958. The Bertz CT molecular complexity index is 200. The summed E-state index contributed by atoms with van der Waals surface area (Å²) >= 11 is 0. The van der Waals surface area contributed by atoms with Crippen molar-refractivity contribution in [1.82, 2.24) is 4.90 Å². The van der Waals surface area contributed by atoms with Gasteiger partial charge in [0, 0.05) is 13.1 Å². The highest BCUT2D eigenvalue weighted by Crippen LogP contribution is 2.11. The first-order valence-electron chi connectivity index (χ1n) is 9.25. The molecule has 0 aliphatic carbocycles. The van der Waals surface area contributed by atoms with Gasteiger partial charge in [0.2, 0.25) is 0 Å². The van der Waals surface area contributed by atoms with Gasteiger partial charge >= 0.3 is 0 Å². The highest BCUT2D eigenvalue weighted by Gasteiger charge is 2.09. The van der Waals surface area contributed by atoms with Crippen molar-refractivity contribution in [2.24, 2.45) is 0 Å². The highest BCUT2D eigenvalue weighted by molar-refractivity contribution is 4.63. The molecule has 0 saturated carbocycles. The zero-order chi connectivity index (χ0) is 15.8. The van der Waals surface area contributed by atoms with Crippen LogP contribution in [0.1, 0.15) is 84.5 Å². The molecular weight excluding hydrogens is 262 g/mol. The fraction of sp³-hybridized carbons (Fsp3) is 1.00. The molecular formula is C18H39NO2. The molecule has 0 rings (SSSR count). The van der Waals surface area contributed by atoms with E-state index in [1.807, 2.05) is 6.92 Å². The topological polar surface area (TPSA) is 43.7 Å². The number of hydrogen-bond donors (Lipinski definition) is 2. The Labute approximate surface area is 132 Å². The summed E-state index contributed by atoms with van der Waals surface area (Å²) < 4.78 is 0. The molecule has 0 aliphatic rings. The third-order valence-electron chi connectivity index (χ3n) is 4.18. The van der Waals surface area contributed by atoms with Gasteiger partial charge in [0.25, 0.3) is 0 Å². The molecule has 3 nitrogen and oxygen atoms in total. The second-order valence-corrected chi connectivity index (χ2v) is 6.27. The van der Waals surface area contributed by atoms with Gasteiger partial charge in [-0.3, -0.25) is 4.90 Å². The average molecular weight is 302 g/mol. The minimum Gasteiger partial charge on any atom is -0.395 e. The summed E-state index contributed by atoms with van der Waals surface area (Å²) in [7, 11) is 0. The largest absolute Gasteiger partial charge is 0.395 e. The quantitative estimate of drug-likeness (QED) is 0.424. The number of aliphatic hydroxyl groups excluding tert-OH is 2. The van der Waals surface area contributed by atoms with Crippen LogP contribution in [0.25, 0.3) is 0 Å². The summed E-state index contributed by atoms with van der Waals surface area (Å²) in [5.41, 5.74) is 0. The first kappa shape index (κ1) is 20.9. The zero-order valence-electron chi connectivity index (χ0n) is 14.5. The monoisotopic (exact) mass is 301 g/mol. The van der Waals surface area contributed by atoms with Crippen molar-refractivity contribution >= 4 is 0 Å². The van der Waals surface area contributed by atoms with Crippen molar-refractivity contribution in [3.63, 3.8) is 0 Å². The minimum atomic E-state index is -0.250. The summed E-state index contributed by atoms with van der Waals surface area (Å²) in [5, 5.41) is 18.8. The molecule has 0 heterocycles. The van der Waals surface area contributed by atoms with E-state index in [0.717, 1.165) is 13.0 Å². The first-order valence-corrected chi connectivity index (χ1v) is 9.25. The summed E-state index contributed by atoms with van der Waals surface area (Å²) in [4.78, 5) is 2.19. The van der Waals surface area contributed by atoms with E-state index in [9.17, 15) is 5.11 Å². The van der Waals surface area contributed by atoms with Crippen LogP contribution < -0.4 is 0 Å². The Kier molecular flexibility index (Phi) is 16.2. The van der Waals surface area contributed by atoms with Crippen LogP contribution in [0.3, 0.4) is 0 Å². The molecule has 0 fully saturated rings. The molecule has 128 valence electrons. The minimum absolute atomic E-state index is 0.189. The second kappa shape index (κ2) is 16.3. The molecule has 0 radical (unpaired) electrons. The summed E-state index contributed by atoms with van der Waals surface area (Å²) in [6.45, 7) is 6.85. The second-order valence-electron chi connectivity index (χ2n) is 6.27. The normalized spacial score (nSPS) is 13.0. The van der Waals surface area contributed by atoms with Crippen molar-refractivity contribution in [3.8, 4) is 0 Å². The van der Waals surface area contributed by atoms with Crippen LogP contribution in [0.5, 0.6) is 0 Å². The molecule has 0 aromatic heterocycles. The van der Waals surface area contributed by atoms with Crippen LogP contribution in [-0.4, -0.2) is 47.5 Å². The van der Waals surface area contributed by atoms with Crippen molar-refractivity contribution in [2.75, 3.05) is 26.2 Å². The van der Waals surface area contributed by atoms with Crippen molar-refractivity contribution in [3.05, 3.63) is 0 Å². The van der Waals surface area contributed by atoms with Crippen LogP contribution in [-0.2, 0) is 0 Å². The smallest absolute Gasteiger partial charge is 0.0664 e. The van der Waals surface area contributed by atoms with Gasteiger partial charge in [-0.15, -0.1) is 0 Å². The van der Waals surface area contributed by atoms with E-state index in [-0.39, 0.29) is 12.7 Å². The van der Waals surface area contributed by atoms with Gasteiger partial charge in [-0.25, -0.2) is 0 Å². The van der Waals surface area contributed by atoms with Gasteiger partial charge in [-0.2, -0.15) is 0 Å². The molecule has 0 spiro atoms. The Morgan fingerprint density at radius 1 is 0.762 bits per heavy atom. The van der Waals surface area contributed by atoms with Gasteiger partial charge in [0.15, 0.2) is 0 Å². The van der Waals surface area contributed by atoms with Crippen LogP contribution >= 0.6 is 0 Å². The Hall–Kier alpha value is -0.120. The number of hydrogen-bond acceptors (Lipinski definition) is 3. The third-order valence-corrected chi connectivity index (χ3v) is 4.18. The van der Waals surface area contributed by atoms with E-state index >= 15 is 0 Å². The van der Waals surface area contributed by atoms with E-state index < -0.39 is 0 Å². The van der Waals surface area contributed by atoms with E-state index in [2.05, 4.69) is 11.8 Å². The highest BCUT2D eigenvalue weighted by atomic mass is 16.3. The molecule has 0 aliphatic heterocycles. The lowest BCUT2D eigenvalue weighted by Gasteiger charge is -2.23. The Morgan fingerprint density at radius 3 is 1.76 bits per heavy atom. The number of aliphatic hydroxyl groups is 2. The standard InChI is InChI=1S/C18H39NO2/c1-3-5-6-7-8-9-10-11-12-13-14-19(15-16-20)17-18(21)4-2/h18,20-21H,3-17H2,1-2H3. The van der Waals surface area contributed by atoms with Crippen LogP contribution in [0, 0.1) is 0 Å². The number of rotatable bonds is 16. The predicted molar refractivity (Wildman–Crippen MR) is 91.7 cm³/mol. The summed E-state index contributed by atoms with van der Waals surface area (Å²) in [6, 6.07) is 0.